The number of hydrogen-bond acceptors (Lipinski definition) is 6. The van der Waals surface area contributed by atoms with Crippen LogP contribution in [0.25, 0.3) is 11.1 Å². The van der Waals surface area contributed by atoms with E-state index in [1.54, 1.807) is 0 Å². The summed E-state index contributed by atoms with van der Waals surface area (Å²) in [7, 11) is -4.11. The van der Waals surface area contributed by atoms with Crippen molar-refractivity contribution in [2.24, 2.45) is 0 Å². The summed E-state index contributed by atoms with van der Waals surface area (Å²) in [6.07, 6.45) is 0. The van der Waals surface area contributed by atoms with E-state index in [0.717, 1.165) is 61.2 Å². The summed E-state index contributed by atoms with van der Waals surface area (Å²) in [5.74, 6) is 2.72. The Kier molecular flexibility index (Phi) is 13.4. The Morgan fingerprint density at radius 2 is 0.667 bits per heavy atom. The zero-order chi connectivity index (χ0) is 51.6. The molecule has 0 N–H and O–H groups in total. The molecule has 0 amide bonds. The van der Waals surface area contributed by atoms with Gasteiger partial charge < -0.3 is 18.1 Å². The molecule has 1 fully saturated rings. The molecule has 0 aliphatic carbocycles. The molecule has 374 valence electrons. The number of fused-ring (bicyclic) bond motifs is 1. The molecule has 1 saturated heterocycles. The van der Waals surface area contributed by atoms with Gasteiger partial charge in [-0.2, -0.15) is 0 Å². The van der Waals surface area contributed by atoms with Crippen molar-refractivity contribution in [3.8, 4) is 34.1 Å². The summed E-state index contributed by atoms with van der Waals surface area (Å²) in [6, 6.07) is 57.4. The zero-order valence-corrected chi connectivity index (χ0v) is 46.7. The Bertz CT molecular complexity index is 2880. The highest BCUT2D eigenvalue weighted by Gasteiger charge is 2.67. The molecule has 0 saturated carbocycles. The molecule has 0 spiro atoms. The fourth-order valence-electron chi connectivity index (χ4n) is 9.78. The largest absolute Gasteiger partial charge is 0.530 e. The predicted molar refractivity (Wildman–Crippen MR) is 298 cm³/mol. The lowest BCUT2D eigenvalue weighted by atomic mass is 9.66. The number of rotatable bonds is 9. The first-order valence-electron chi connectivity index (χ1n) is 25.3. The van der Waals surface area contributed by atoms with Crippen LogP contribution in [0, 0.1) is 0 Å². The van der Waals surface area contributed by atoms with Crippen LogP contribution in [0.2, 0.25) is 0 Å². The normalized spacial score (nSPS) is 17.0. The summed E-state index contributed by atoms with van der Waals surface area (Å²) < 4.78 is 43.9. The van der Waals surface area contributed by atoms with Crippen LogP contribution in [0.15, 0.2) is 164 Å². The van der Waals surface area contributed by atoms with Crippen LogP contribution < -0.4 is 18.1 Å². The van der Waals surface area contributed by atoms with E-state index in [1.165, 1.54) is 0 Å². The monoisotopic (exact) mass is 998 g/mol. The molecule has 7 aromatic rings. The van der Waals surface area contributed by atoms with Crippen LogP contribution in [-0.2, 0) is 47.3 Å². The van der Waals surface area contributed by atoms with Gasteiger partial charge in [0.15, 0.2) is 22.7 Å². The molecule has 0 bridgehead atoms. The molecule has 6 nitrogen and oxygen atoms in total. The van der Waals surface area contributed by atoms with Gasteiger partial charge in [-0.05, 0) is 90.3 Å². The van der Waals surface area contributed by atoms with E-state index in [2.05, 4.69) is 237 Å². The molecule has 2 heterocycles. The summed E-state index contributed by atoms with van der Waals surface area (Å²) in [5, 5.41) is 0. The van der Waals surface area contributed by atoms with Gasteiger partial charge in [-0.15, -0.1) is 0 Å². The Labute approximate surface area is 432 Å². The van der Waals surface area contributed by atoms with Crippen LogP contribution in [0.5, 0.6) is 23.0 Å². The van der Waals surface area contributed by atoms with E-state index >= 15 is 0 Å². The SMILES string of the molecule is CC(C)(C)c1ccc2c(c1)OP(Oc1c(-c3cc(C(C)(C)C)cc(C(C)(C)C)c3OP3OC(c4ccccc4)(c4ccccc4)C(c4ccccc4)(c4ccccc4)O3)cc(C(C)(C)C)cc1C(C)(C)C)O2. The molecule has 0 aromatic heterocycles. The van der Waals surface area contributed by atoms with Gasteiger partial charge >= 0.3 is 17.2 Å². The maximum atomic E-state index is 7.82. The molecule has 0 radical (unpaired) electrons. The smallest absolute Gasteiger partial charge is 0.426 e. The lowest BCUT2D eigenvalue weighted by Crippen LogP contribution is -2.48. The third-order valence-corrected chi connectivity index (χ3v) is 16.1. The molecule has 2 aliphatic rings. The lowest BCUT2D eigenvalue weighted by molar-refractivity contribution is 0.00370. The minimum absolute atomic E-state index is 0.0722. The van der Waals surface area contributed by atoms with E-state index in [0.29, 0.717) is 23.0 Å². The fraction of sp³-hybridized carbons (Fsp3) is 0.344. The second-order valence-electron chi connectivity index (χ2n) is 24.5. The molecule has 9 rings (SSSR count). The van der Waals surface area contributed by atoms with Gasteiger partial charge in [-0.3, -0.25) is 9.05 Å². The second kappa shape index (κ2) is 18.8. The highest BCUT2D eigenvalue weighted by Crippen LogP contribution is 2.71. The van der Waals surface area contributed by atoms with E-state index in [1.807, 2.05) is 30.3 Å². The maximum Gasteiger partial charge on any atom is 0.530 e. The Hall–Kier alpha value is -5.48. The molecule has 1 atom stereocenters. The summed E-state index contributed by atoms with van der Waals surface area (Å²) >= 11 is 0. The third kappa shape index (κ3) is 9.62. The van der Waals surface area contributed by atoms with Crippen molar-refractivity contribution >= 4 is 17.2 Å². The zero-order valence-electron chi connectivity index (χ0n) is 44.9. The van der Waals surface area contributed by atoms with Crippen molar-refractivity contribution in [1.82, 2.24) is 0 Å². The Morgan fingerprint density at radius 1 is 0.333 bits per heavy atom. The predicted octanol–water partition coefficient (Wildman–Crippen LogP) is 18.5. The molecular formula is C64H72O6P2. The standard InChI is InChI=1S/C64H72O6P2/c1-58(2,3)47-36-37-54-55(42-47)66-71(65-54)67-56-50(38-48(59(4,5)6)40-52(56)61(10,11)12)51-39-49(60(7,8)9)41-53(62(13,14)15)57(51)68-72-69-63(43-28-20-16-21-29-43,44-30-22-17-23-31-44)64(70-72,45-32-24-18-25-33-45)46-34-26-19-27-35-46/h16-42H,1-15H3. The quantitative estimate of drug-likeness (QED) is 0.134. The first-order chi connectivity index (χ1) is 33.8. The highest BCUT2D eigenvalue weighted by molar-refractivity contribution is 7.43. The average molecular weight is 999 g/mol. The summed E-state index contributed by atoms with van der Waals surface area (Å²) in [6.45, 7) is 33.7. The summed E-state index contributed by atoms with van der Waals surface area (Å²) in [5.41, 5.74) is 7.29. The number of benzene rings is 7. The van der Waals surface area contributed by atoms with Crippen LogP contribution >= 0.6 is 17.2 Å². The number of hydrogen-bond donors (Lipinski definition) is 0. The second-order valence-corrected chi connectivity index (χ2v) is 26.5. The molecule has 2 aliphatic heterocycles. The van der Waals surface area contributed by atoms with Gasteiger partial charge in [0, 0.05) is 22.3 Å². The van der Waals surface area contributed by atoms with Gasteiger partial charge in [-0.1, -0.05) is 243 Å². The molecule has 8 heteroatoms. The fourth-order valence-corrected chi connectivity index (χ4v) is 12.4. The molecule has 1 unspecified atom stereocenters. The van der Waals surface area contributed by atoms with Crippen LogP contribution in [0.1, 0.15) is 154 Å². The Morgan fingerprint density at radius 3 is 1.00 bits per heavy atom. The van der Waals surface area contributed by atoms with E-state index in [-0.39, 0.29) is 21.7 Å². The van der Waals surface area contributed by atoms with Crippen LogP contribution in [-0.4, -0.2) is 0 Å². The molecule has 72 heavy (non-hydrogen) atoms. The average Bonchev–Trinajstić information content (AvgIpc) is 3.90. The summed E-state index contributed by atoms with van der Waals surface area (Å²) in [4.78, 5) is 0. The first kappa shape index (κ1) is 51.4. The van der Waals surface area contributed by atoms with Crippen LogP contribution in [0.3, 0.4) is 0 Å². The van der Waals surface area contributed by atoms with E-state index in [9.17, 15) is 0 Å². The maximum absolute atomic E-state index is 7.82. The lowest BCUT2D eigenvalue weighted by Gasteiger charge is -2.43. The van der Waals surface area contributed by atoms with Crippen LogP contribution in [0.4, 0.5) is 0 Å². The Balaban J connectivity index is 1.32. The van der Waals surface area contributed by atoms with Gasteiger partial charge in [0.2, 0.25) is 0 Å². The third-order valence-electron chi connectivity index (χ3n) is 13.9. The van der Waals surface area contributed by atoms with Crippen molar-refractivity contribution in [2.45, 2.75) is 142 Å². The van der Waals surface area contributed by atoms with Crippen molar-refractivity contribution in [3.05, 3.63) is 214 Å². The van der Waals surface area contributed by atoms with Gasteiger partial charge in [0.05, 0.1) is 0 Å². The first-order valence-corrected chi connectivity index (χ1v) is 27.5. The highest BCUT2D eigenvalue weighted by atomic mass is 31.2. The van der Waals surface area contributed by atoms with Crippen molar-refractivity contribution in [1.29, 1.82) is 0 Å². The van der Waals surface area contributed by atoms with E-state index < -0.39 is 33.8 Å². The molecule has 7 aromatic carbocycles. The van der Waals surface area contributed by atoms with E-state index in [4.69, 9.17) is 27.1 Å². The van der Waals surface area contributed by atoms with Gasteiger partial charge in [-0.25, -0.2) is 0 Å². The minimum Gasteiger partial charge on any atom is -0.426 e. The van der Waals surface area contributed by atoms with Gasteiger partial charge in [0.25, 0.3) is 0 Å². The topological polar surface area (TPSA) is 55.4 Å². The van der Waals surface area contributed by atoms with Crippen molar-refractivity contribution in [2.75, 3.05) is 0 Å². The van der Waals surface area contributed by atoms with Crippen molar-refractivity contribution < 1.29 is 27.1 Å². The minimum atomic E-state index is -2.21. The molecular weight excluding hydrogens is 927 g/mol. The van der Waals surface area contributed by atoms with Crippen molar-refractivity contribution in [3.63, 3.8) is 0 Å². The van der Waals surface area contributed by atoms with Gasteiger partial charge in [0.1, 0.15) is 11.5 Å².